The number of hydrogen-bond acceptors (Lipinski definition) is 2. The van der Waals surface area contributed by atoms with Gasteiger partial charge in [0.25, 0.3) is 0 Å². The van der Waals surface area contributed by atoms with E-state index in [1.807, 2.05) is 30.3 Å². The van der Waals surface area contributed by atoms with Crippen molar-refractivity contribution < 1.29 is 21.1 Å². The van der Waals surface area contributed by atoms with E-state index in [2.05, 4.69) is 190 Å². The maximum absolute atomic E-state index is 6.01. The molecule has 1 aliphatic rings. The fourth-order valence-electron chi connectivity index (χ4n) is 8.61. The third-order valence-corrected chi connectivity index (χ3v) is 11.1. The van der Waals surface area contributed by atoms with Crippen molar-refractivity contribution in [1.82, 2.24) is 14.5 Å². The van der Waals surface area contributed by atoms with Crippen molar-refractivity contribution in [3.63, 3.8) is 0 Å². The molecule has 4 heteroatoms. The molecule has 0 aliphatic heterocycles. The summed E-state index contributed by atoms with van der Waals surface area (Å²) in [6.45, 7) is 6.89. The Morgan fingerprint density at radius 2 is 1.09 bits per heavy atom. The van der Waals surface area contributed by atoms with Crippen LogP contribution in [0.5, 0.6) is 0 Å². The van der Waals surface area contributed by atoms with E-state index in [-0.39, 0.29) is 26.5 Å². The fourth-order valence-corrected chi connectivity index (χ4v) is 8.61. The third-order valence-electron chi connectivity index (χ3n) is 11.1. The Kier molecular flexibility index (Phi) is 9.40. The van der Waals surface area contributed by atoms with E-state index in [9.17, 15) is 0 Å². The van der Waals surface area contributed by atoms with Crippen LogP contribution >= 0.6 is 0 Å². The Bertz CT molecular complexity index is 2500. The van der Waals surface area contributed by atoms with E-state index in [0.717, 1.165) is 45.2 Å². The van der Waals surface area contributed by atoms with Gasteiger partial charge in [-0.15, -0.1) is 41.5 Å². The number of aromatic nitrogens is 3. The molecule has 0 amide bonds. The van der Waals surface area contributed by atoms with Gasteiger partial charge in [0, 0.05) is 13.2 Å². The summed E-state index contributed by atoms with van der Waals surface area (Å²) in [4.78, 5) is 11.5. The second-order valence-corrected chi connectivity index (χ2v) is 15.3. The number of fused-ring (bicyclic) bond motifs is 3. The van der Waals surface area contributed by atoms with Gasteiger partial charge < -0.3 is 4.57 Å². The molecule has 3 nitrogen and oxygen atoms in total. The Morgan fingerprint density at radius 3 is 1.64 bits per heavy atom. The van der Waals surface area contributed by atoms with Crippen molar-refractivity contribution in [3.05, 3.63) is 239 Å². The molecule has 0 unspecified atom stereocenters. The predicted octanol–water partition coefficient (Wildman–Crippen LogP) is 11.1. The number of imidazole rings is 1. The molecule has 0 saturated heterocycles. The van der Waals surface area contributed by atoms with Gasteiger partial charge in [-0.3, -0.25) is 9.97 Å². The Hall–Kier alpha value is -5.63. The first-order valence-corrected chi connectivity index (χ1v) is 18.6. The van der Waals surface area contributed by atoms with Crippen LogP contribution in [0, 0.1) is 12.1 Å². The minimum Gasteiger partial charge on any atom is -0.373 e. The summed E-state index contributed by atoms with van der Waals surface area (Å²) in [5.41, 5.74) is 11.2. The van der Waals surface area contributed by atoms with E-state index in [1.54, 1.807) is 0 Å². The Morgan fingerprint density at radius 1 is 0.545 bits per heavy atom. The van der Waals surface area contributed by atoms with Gasteiger partial charge in [0.1, 0.15) is 5.41 Å². The van der Waals surface area contributed by atoms with Crippen LogP contribution in [0.3, 0.4) is 0 Å². The van der Waals surface area contributed by atoms with Gasteiger partial charge in [0.15, 0.2) is 0 Å². The molecule has 1 aliphatic carbocycles. The number of nitrogens with zero attached hydrogens (tertiary/aromatic N) is 3. The number of aryl methyl sites for hydroxylation is 1. The third kappa shape index (κ3) is 5.76. The molecule has 0 N–H and O–H groups in total. The first kappa shape index (κ1) is 36.3. The summed E-state index contributed by atoms with van der Waals surface area (Å²) in [6, 6.07) is 67.5. The zero-order chi connectivity index (χ0) is 36.9. The number of rotatable bonds is 7. The van der Waals surface area contributed by atoms with E-state index in [1.165, 1.54) is 27.8 Å². The monoisotopic (exact) mass is 890 g/mol. The molecule has 0 saturated carbocycles. The van der Waals surface area contributed by atoms with Gasteiger partial charge in [-0.2, -0.15) is 30.3 Å². The number of pyridine rings is 1. The maximum Gasteiger partial charge on any atom is 2.00 e. The number of hydrogen-bond donors (Lipinski definition) is 0. The van der Waals surface area contributed by atoms with Crippen LogP contribution in [0.15, 0.2) is 176 Å². The predicted molar refractivity (Wildman–Crippen MR) is 218 cm³/mol. The average molecular weight is 891 g/mol. The first-order valence-electron chi connectivity index (χ1n) is 18.6. The van der Waals surface area contributed by atoms with Gasteiger partial charge in [0.05, 0.1) is 28.3 Å². The fraction of sp³-hybridized carbons (Fsp3) is 0.137. The zero-order valence-corrected chi connectivity index (χ0v) is 33.7. The number of benzene rings is 6. The average Bonchev–Trinajstić information content (AvgIpc) is 3.75. The summed E-state index contributed by atoms with van der Waals surface area (Å²) in [7, 11) is 2.07. The second kappa shape index (κ2) is 14.2. The van der Waals surface area contributed by atoms with Crippen LogP contribution in [-0.4, -0.2) is 14.5 Å². The van der Waals surface area contributed by atoms with Crippen molar-refractivity contribution in [2.24, 2.45) is 7.05 Å². The molecule has 0 atom stereocenters. The largest absolute Gasteiger partial charge is 2.00 e. The quantitative estimate of drug-likeness (QED) is 0.149. The molecule has 0 fully saturated rings. The molecule has 2 aromatic heterocycles. The summed E-state index contributed by atoms with van der Waals surface area (Å²) in [5.74, 6) is 0.850. The van der Waals surface area contributed by atoms with Gasteiger partial charge in [0.2, 0.25) is 0 Å². The molecule has 2 heterocycles. The molecule has 0 bridgehead atoms. The second-order valence-electron chi connectivity index (χ2n) is 15.3. The van der Waals surface area contributed by atoms with Crippen molar-refractivity contribution >= 4 is 0 Å². The molecule has 270 valence electrons. The smallest absolute Gasteiger partial charge is 0.373 e. The topological polar surface area (TPSA) is 30.7 Å². The Labute approximate surface area is 339 Å². The van der Waals surface area contributed by atoms with Crippen LogP contribution in [0.2, 0.25) is 0 Å². The maximum atomic E-state index is 6.01. The minimum absolute atomic E-state index is 0. The van der Waals surface area contributed by atoms with Crippen molar-refractivity contribution in [2.45, 2.75) is 37.0 Å². The molecule has 8 aromatic rings. The molecule has 9 rings (SSSR count). The Balaban J connectivity index is 0.00000427. The summed E-state index contributed by atoms with van der Waals surface area (Å²) in [5, 5.41) is 0. The summed E-state index contributed by atoms with van der Waals surface area (Å²) >= 11 is 0. The molecule has 0 radical (unpaired) electrons. The van der Waals surface area contributed by atoms with Crippen molar-refractivity contribution in [1.29, 1.82) is 0 Å². The van der Waals surface area contributed by atoms with Gasteiger partial charge in [-0.25, -0.2) is 0 Å². The van der Waals surface area contributed by atoms with Crippen LogP contribution in [0.1, 0.15) is 71.2 Å². The zero-order valence-electron chi connectivity index (χ0n) is 31.4. The van der Waals surface area contributed by atoms with E-state index >= 15 is 0 Å². The SMILES string of the molecule is Cn1cc(C(c2ccccc2)(c2ccccc2)c2cc(C(C)(C)C)cc(C3(c4[c-]cccc4)c4ccccc4-c4ccccc43)n2)nc1-c1[c-]cccc1.[Pt+2]. The van der Waals surface area contributed by atoms with Crippen molar-refractivity contribution in [2.75, 3.05) is 0 Å². The molecular formula is C51H41N3Pt. The normalized spacial score (nSPS) is 13.1. The van der Waals surface area contributed by atoms with Crippen molar-refractivity contribution in [3.8, 4) is 22.5 Å². The first-order chi connectivity index (χ1) is 26.3. The van der Waals surface area contributed by atoms with Gasteiger partial charge in [-0.1, -0.05) is 130 Å². The molecule has 0 spiro atoms. The summed E-state index contributed by atoms with van der Waals surface area (Å²) < 4.78 is 2.13. The van der Waals surface area contributed by atoms with E-state index in [4.69, 9.17) is 9.97 Å². The van der Waals surface area contributed by atoms with E-state index in [0.29, 0.717) is 0 Å². The molecular weight excluding hydrogens is 850 g/mol. The minimum atomic E-state index is -0.886. The van der Waals surface area contributed by atoms with Crippen LogP contribution in [-0.2, 0) is 44.4 Å². The summed E-state index contributed by atoms with van der Waals surface area (Å²) in [6.07, 6.45) is 2.18. The van der Waals surface area contributed by atoms with Crippen LogP contribution < -0.4 is 0 Å². The molecule has 6 aromatic carbocycles. The van der Waals surface area contributed by atoms with Gasteiger partial charge in [-0.05, 0) is 56.5 Å². The van der Waals surface area contributed by atoms with E-state index < -0.39 is 10.8 Å². The van der Waals surface area contributed by atoms with Gasteiger partial charge >= 0.3 is 21.1 Å². The van der Waals surface area contributed by atoms with Crippen LogP contribution in [0.25, 0.3) is 22.5 Å². The molecule has 55 heavy (non-hydrogen) atoms. The standard InChI is InChI=1S/C51H41N3.Pt/c1-49(2,3)40-33-45(52-46(34-40)51(39-27-15-8-16-28-39)43-31-19-17-29-41(43)42-30-18-20-32-44(42)51)50(37-23-11-6-12-24-37,38-25-13-7-14-26-38)47-35-54(4)48(53-47)36-21-9-5-10-22-36;/h5-21,23-27,29-35H,1-4H3;/q-2;+2. The van der Waals surface area contributed by atoms with Crippen LogP contribution in [0.4, 0.5) is 0 Å².